The van der Waals surface area contributed by atoms with E-state index in [1.54, 1.807) is 7.11 Å². The van der Waals surface area contributed by atoms with Gasteiger partial charge >= 0.3 is 0 Å². The predicted molar refractivity (Wildman–Crippen MR) is 77.7 cm³/mol. The van der Waals surface area contributed by atoms with E-state index in [1.807, 2.05) is 13.0 Å². The topological polar surface area (TPSA) is 44.5 Å². The molecule has 106 valence electrons. The number of benzene rings is 1. The number of hydrogen-bond acceptors (Lipinski definition) is 3. The number of hydrogen-bond donors (Lipinski definition) is 1. The van der Waals surface area contributed by atoms with Crippen LogP contribution in [0.25, 0.3) is 0 Å². The van der Waals surface area contributed by atoms with Crippen molar-refractivity contribution in [1.29, 1.82) is 0 Å². The van der Waals surface area contributed by atoms with Crippen LogP contribution >= 0.6 is 11.6 Å². The highest BCUT2D eigenvalue weighted by Gasteiger charge is 2.21. The van der Waals surface area contributed by atoms with Crippen LogP contribution in [0.4, 0.5) is 0 Å². The van der Waals surface area contributed by atoms with Crippen molar-refractivity contribution in [2.24, 2.45) is 11.7 Å². The van der Waals surface area contributed by atoms with Gasteiger partial charge in [0.1, 0.15) is 5.75 Å². The van der Waals surface area contributed by atoms with Crippen molar-refractivity contribution in [2.75, 3.05) is 13.7 Å². The molecule has 0 saturated heterocycles. The Bertz CT molecular complexity index is 430. The Morgan fingerprint density at radius 3 is 2.74 bits per heavy atom. The van der Waals surface area contributed by atoms with E-state index >= 15 is 0 Å². The monoisotopic (exact) mass is 283 g/mol. The van der Waals surface area contributed by atoms with E-state index in [0.29, 0.717) is 11.6 Å². The van der Waals surface area contributed by atoms with Crippen LogP contribution in [0.15, 0.2) is 12.1 Å². The molecule has 1 aromatic carbocycles. The van der Waals surface area contributed by atoms with Crippen LogP contribution in [0, 0.1) is 5.92 Å². The summed E-state index contributed by atoms with van der Waals surface area (Å²) in [6.07, 6.45) is 3.36. The molecule has 0 amide bonds. The van der Waals surface area contributed by atoms with Gasteiger partial charge in [0.05, 0.1) is 18.7 Å². The fourth-order valence-electron chi connectivity index (χ4n) is 2.15. The average Bonchev–Trinajstić information content (AvgIpc) is 3.12. The molecule has 0 spiro atoms. The molecular weight excluding hydrogens is 262 g/mol. The molecule has 0 aromatic heterocycles. The molecule has 1 fully saturated rings. The maximum Gasteiger partial charge on any atom is 0.140 e. The third-order valence-corrected chi connectivity index (χ3v) is 3.53. The summed E-state index contributed by atoms with van der Waals surface area (Å²) in [5.41, 5.74) is 8.00. The van der Waals surface area contributed by atoms with Crippen LogP contribution in [0.3, 0.4) is 0 Å². The standard InChI is InChI=1S/C15H22ClNO2/c1-10(17)5-13-6-12(7-14(16)15(13)18-2)9-19-8-11-3-4-11/h6-7,10-11H,3-5,8-9,17H2,1-2H3. The lowest BCUT2D eigenvalue weighted by Gasteiger charge is -2.14. The maximum atomic E-state index is 6.25. The Labute approximate surface area is 120 Å². The lowest BCUT2D eigenvalue weighted by atomic mass is 10.0. The molecule has 1 aliphatic carbocycles. The highest BCUT2D eigenvalue weighted by Crippen LogP contribution is 2.32. The quantitative estimate of drug-likeness (QED) is 0.836. The van der Waals surface area contributed by atoms with Crippen molar-refractivity contribution < 1.29 is 9.47 Å². The predicted octanol–water partition coefficient (Wildman–Crippen LogP) is 3.16. The molecule has 1 atom stereocenters. The van der Waals surface area contributed by atoms with E-state index in [4.69, 9.17) is 26.8 Å². The minimum absolute atomic E-state index is 0.0765. The van der Waals surface area contributed by atoms with E-state index in [2.05, 4.69) is 6.07 Å². The van der Waals surface area contributed by atoms with Crippen molar-refractivity contribution in [3.05, 3.63) is 28.3 Å². The van der Waals surface area contributed by atoms with Crippen molar-refractivity contribution >= 4 is 11.6 Å². The van der Waals surface area contributed by atoms with Crippen molar-refractivity contribution in [3.63, 3.8) is 0 Å². The summed E-state index contributed by atoms with van der Waals surface area (Å²) < 4.78 is 11.1. The summed E-state index contributed by atoms with van der Waals surface area (Å²) in [4.78, 5) is 0. The van der Waals surface area contributed by atoms with Crippen LogP contribution in [-0.2, 0) is 17.8 Å². The number of nitrogens with two attached hydrogens (primary N) is 1. The van der Waals surface area contributed by atoms with Gasteiger partial charge in [-0.2, -0.15) is 0 Å². The Kier molecular flexibility index (Phi) is 5.08. The molecule has 2 N–H and O–H groups in total. The van der Waals surface area contributed by atoms with Crippen LogP contribution in [-0.4, -0.2) is 19.8 Å². The Hall–Kier alpha value is -0.770. The van der Waals surface area contributed by atoms with Crippen LogP contribution in [0.5, 0.6) is 5.75 Å². The van der Waals surface area contributed by atoms with E-state index < -0.39 is 0 Å². The van der Waals surface area contributed by atoms with Crippen LogP contribution in [0.2, 0.25) is 5.02 Å². The molecule has 0 radical (unpaired) electrons. The molecule has 1 aliphatic rings. The zero-order valence-corrected chi connectivity index (χ0v) is 12.4. The van der Waals surface area contributed by atoms with Gasteiger partial charge in [-0.25, -0.2) is 0 Å². The Balaban J connectivity index is 2.07. The van der Waals surface area contributed by atoms with Gasteiger partial charge in [-0.3, -0.25) is 0 Å². The molecular formula is C15H22ClNO2. The third kappa shape index (κ3) is 4.37. The van der Waals surface area contributed by atoms with Crippen LogP contribution in [0.1, 0.15) is 30.9 Å². The van der Waals surface area contributed by atoms with Gasteiger partial charge in [0.2, 0.25) is 0 Å². The number of ether oxygens (including phenoxy) is 2. The van der Waals surface area contributed by atoms with E-state index in [1.165, 1.54) is 12.8 Å². The fourth-order valence-corrected chi connectivity index (χ4v) is 2.49. The average molecular weight is 284 g/mol. The highest BCUT2D eigenvalue weighted by atomic mass is 35.5. The zero-order chi connectivity index (χ0) is 13.8. The normalized spacial score (nSPS) is 16.4. The fraction of sp³-hybridized carbons (Fsp3) is 0.600. The molecule has 0 heterocycles. The van der Waals surface area contributed by atoms with Gasteiger partial charge in [-0.15, -0.1) is 0 Å². The van der Waals surface area contributed by atoms with Gasteiger partial charge in [0, 0.05) is 12.6 Å². The molecule has 1 unspecified atom stereocenters. The Morgan fingerprint density at radius 1 is 1.42 bits per heavy atom. The van der Waals surface area contributed by atoms with Gasteiger partial charge in [0.25, 0.3) is 0 Å². The molecule has 4 heteroatoms. The van der Waals surface area contributed by atoms with E-state index in [0.717, 1.165) is 35.8 Å². The molecule has 1 saturated carbocycles. The first kappa shape index (κ1) is 14.6. The lowest BCUT2D eigenvalue weighted by Crippen LogP contribution is -2.18. The molecule has 3 nitrogen and oxygen atoms in total. The maximum absolute atomic E-state index is 6.25. The van der Waals surface area contributed by atoms with Gasteiger partial charge in [0.15, 0.2) is 0 Å². The summed E-state index contributed by atoms with van der Waals surface area (Å²) in [5.74, 6) is 1.50. The first-order valence-electron chi connectivity index (χ1n) is 6.78. The molecule has 19 heavy (non-hydrogen) atoms. The lowest BCUT2D eigenvalue weighted by molar-refractivity contribution is 0.111. The summed E-state index contributed by atoms with van der Waals surface area (Å²) in [5, 5.41) is 0.630. The smallest absolute Gasteiger partial charge is 0.140 e. The SMILES string of the molecule is COc1c(Cl)cc(COCC2CC2)cc1CC(C)N. The van der Waals surface area contributed by atoms with Crippen LogP contribution < -0.4 is 10.5 Å². The van der Waals surface area contributed by atoms with Gasteiger partial charge in [-0.05, 0) is 55.4 Å². The summed E-state index contributed by atoms with van der Waals surface area (Å²) in [6.45, 7) is 3.43. The number of methoxy groups -OCH3 is 1. The second-order valence-electron chi connectivity index (χ2n) is 5.41. The molecule has 1 aromatic rings. The second-order valence-corrected chi connectivity index (χ2v) is 5.82. The summed E-state index contributed by atoms with van der Waals surface area (Å²) >= 11 is 6.25. The number of rotatable bonds is 7. The van der Waals surface area contributed by atoms with Gasteiger partial charge < -0.3 is 15.2 Å². The first-order chi connectivity index (χ1) is 9.10. The molecule has 0 bridgehead atoms. The summed E-state index contributed by atoms with van der Waals surface area (Å²) in [7, 11) is 1.63. The van der Waals surface area contributed by atoms with E-state index in [9.17, 15) is 0 Å². The zero-order valence-electron chi connectivity index (χ0n) is 11.6. The second kappa shape index (κ2) is 6.60. The first-order valence-corrected chi connectivity index (χ1v) is 7.16. The minimum Gasteiger partial charge on any atom is -0.495 e. The van der Waals surface area contributed by atoms with E-state index in [-0.39, 0.29) is 6.04 Å². The third-order valence-electron chi connectivity index (χ3n) is 3.25. The van der Waals surface area contributed by atoms with Gasteiger partial charge in [-0.1, -0.05) is 11.6 Å². The van der Waals surface area contributed by atoms with Crippen molar-refractivity contribution in [3.8, 4) is 5.75 Å². The molecule has 2 rings (SSSR count). The summed E-state index contributed by atoms with van der Waals surface area (Å²) in [6, 6.07) is 4.08. The largest absolute Gasteiger partial charge is 0.495 e. The van der Waals surface area contributed by atoms with Crippen molar-refractivity contribution in [2.45, 2.75) is 38.8 Å². The minimum atomic E-state index is 0.0765. The number of halogens is 1. The Morgan fingerprint density at radius 2 is 2.16 bits per heavy atom. The molecule has 0 aliphatic heterocycles. The highest BCUT2D eigenvalue weighted by molar-refractivity contribution is 6.32. The van der Waals surface area contributed by atoms with Crippen molar-refractivity contribution in [1.82, 2.24) is 0 Å².